The fraction of sp³-hybridized carbons (Fsp3) is 0.333. The number of methoxy groups -OCH3 is 1. The highest BCUT2D eigenvalue weighted by molar-refractivity contribution is 7.14. The molecule has 0 bridgehead atoms. The van der Waals surface area contributed by atoms with Crippen LogP contribution in [0, 0.1) is 5.92 Å². The van der Waals surface area contributed by atoms with E-state index >= 15 is 0 Å². The van der Waals surface area contributed by atoms with Gasteiger partial charge in [0.2, 0.25) is 5.91 Å². The lowest BCUT2D eigenvalue weighted by Gasteiger charge is -2.23. The highest BCUT2D eigenvalue weighted by Crippen LogP contribution is 2.30. The van der Waals surface area contributed by atoms with Gasteiger partial charge in [-0.3, -0.25) is 4.79 Å². The molecule has 1 aliphatic carbocycles. The van der Waals surface area contributed by atoms with Crippen molar-refractivity contribution in [3.63, 3.8) is 0 Å². The van der Waals surface area contributed by atoms with Crippen LogP contribution in [0.3, 0.4) is 0 Å². The molecule has 104 valence electrons. The number of hydrogen-bond acceptors (Lipinski definition) is 4. The van der Waals surface area contributed by atoms with Crippen molar-refractivity contribution in [1.82, 2.24) is 4.98 Å². The van der Waals surface area contributed by atoms with Gasteiger partial charge in [0.25, 0.3) is 0 Å². The molecule has 1 aromatic carbocycles. The predicted octanol–water partition coefficient (Wildman–Crippen LogP) is 3.56. The van der Waals surface area contributed by atoms with E-state index in [0.717, 1.165) is 36.3 Å². The Bertz CT molecular complexity index is 620. The number of thiazole rings is 1. The minimum atomic E-state index is 0.0998. The third-order valence-corrected chi connectivity index (χ3v) is 4.33. The van der Waals surface area contributed by atoms with E-state index in [-0.39, 0.29) is 11.8 Å². The molecule has 1 heterocycles. The first kappa shape index (κ1) is 13.1. The lowest BCUT2D eigenvalue weighted by molar-refractivity contribution is -0.122. The summed E-state index contributed by atoms with van der Waals surface area (Å²) in [5, 5.41) is 5.52. The van der Waals surface area contributed by atoms with Crippen LogP contribution >= 0.6 is 11.3 Å². The van der Waals surface area contributed by atoms with Crippen molar-refractivity contribution in [2.75, 3.05) is 12.4 Å². The van der Waals surface area contributed by atoms with Crippen molar-refractivity contribution in [1.29, 1.82) is 0 Å². The lowest BCUT2D eigenvalue weighted by atomic mass is 9.85. The van der Waals surface area contributed by atoms with Crippen LogP contribution in [-0.4, -0.2) is 18.0 Å². The van der Waals surface area contributed by atoms with E-state index < -0.39 is 0 Å². The van der Waals surface area contributed by atoms with Gasteiger partial charge in [0, 0.05) is 16.9 Å². The molecule has 0 aliphatic heterocycles. The molecule has 3 rings (SSSR count). The minimum Gasteiger partial charge on any atom is -0.497 e. The van der Waals surface area contributed by atoms with E-state index in [0.29, 0.717) is 5.13 Å². The monoisotopic (exact) mass is 288 g/mol. The smallest absolute Gasteiger partial charge is 0.229 e. The van der Waals surface area contributed by atoms with Gasteiger partial charge in [-0.15, -0.1) is 11.3 Å². The molecule has 0 saturated heterocycles. The fourth-order valence-corrected chi connectivity index (χ4v) is 2.85. The quantitative estimate of drug-likeness (QED) is 0.936. The maximum atomic E-state index is 11.9. The molecule has 5 heteroatoms. The van der Waals surface area contributed by atoms with Gasteiger partial charge in [-0.05, 0) is 25.0 Å². The average Bonchev–Trinajstić information content (AvgIpc) is 2.85. The largest absolute Gasteiger partial charge is 0.497 e. The number of hydrogen-bond donors (Lipinski definition) is 1. The summed E-state index contributed by atoms with van der Waals surface area (Å²) in [5.74, 6) is 1.08. The molecule has 1 amide bonds. The van der Waals surface area contributed by atoms with Gasteiger partial charge >= 0.3 is 0 Å². The summed E-state index contributed by atoms with van der Waals surface area (Å²) in [6.07, 6.45) is 3.16. The third-order valence-electron chi connectivity index (χ3n) is 3.58. The number of nitrogens with zero attached hydrogens (tertiary/aromatic N) is 1. The Morgan fingerprint density at radius 2 is 2.30 bits per heavy atom. The molecule has 1 aliphatic rings. The van der Waals surface area contributed by atoms with E-state index in [1.54, 1.807) is 7.11 Å². The van der Waals surface area contributed by atoms with Crippen molar-refractivity contribution in [2.45, 2.75) is 19.3 Å². The van der Waals surface area contributed by atoms with Crippen LogP contribution in [0.4, 0.5) is 5.13 Å². The molecule has 1 aromatic heterocycles. The normalized spacial score (nSPS) is 14.7. The van der Waals surface area contributed by atoms with Gasteiger partial charge < -0.3 is 10.1 Å². The number of rotatable bonds is 4. The summed E-state index contributed by atoms with van der Waals surface area (Å²) < 4.78 is 5.21. The SMILES string of the molecule is COc1cccc(-c2csc(NC(=O)C3CCC3)n2)c1. The number of nitrogens with one attached hydrogen (secondary N) is 1. The van der Waals surface area contributed by atoms with E-state index in [1.807, 2.05) is 29.6 Å². The highest BCUT2D eigenvalue weighted by atomic mass is 32.1. The van der Waals surface area contributed by atoms with Crippen LogP contribution in [0.1, 0.15) is 19.3 Å². The number of ether oxygens (including phenoxy) is 1. The minimum absolute atomic E-state index is 0.0998. The summed E-state index contributed by atoms with van der Waals surface area (Å²) >= 11 is 1.45. The summed E-state index contributed by atoms with van der Waals surface area (Å²) in [6, 6.07) is 7.75. The number of amides is 1. The second-order valence-electron chi connectivity index (χ2n) is 4.89. The lowest BCUT2D eigenvalue weighted by Crippen LogP contribution is -2.27. The van der Waals surface area contributed by atoms with E-state index in [2.05, 4.69) is 10.3 Å². The number of anilines is 1. The second-order valence-corrected chi connectivity index (χ2v) is 5.75. The first-order chi connectivity index (χ1) is 9.76. The first-order valence-corrected chi connectivity index (χ1v) is 7.55. The Morgan fingerprint density at radius 3 is 3.00 bits per heavy atom. The summed E-state index contributed by atoms with van der Waals surface area (Å²) in [6.45, 7) is 0. The highest BCUT2D eigenvalue weighted by Gasteiger charge is 2.25. The molecule has 1 fully saturated rings. The van der Waals surface area contributed by atoms with Gasteiger partial charge in [0.05, 0.1) is 12.8 Å². The zero-order valence-electron chi connectivity index (χ0n) is 11.3. The number of carbonyl (C=O) groups excluding carboxylic acids is 1. The van der Waals surface area contributed by atoms with Crippen molar-refractivity contribution in [3.05, 3.63) is 29.6 Å². The molecule has 1 saturated carbocycles. The average molecular weight is 288 g/mol. The van der Waals surface area contributed by atoms with E-state index in [4.69, 9.17) is 4.74 Å². The zero-order chi connectivity index (χ0) is 13.9. The van der Waals surface area contributed by atoms with Gasteiger partial charge in [0.15, 0.2) is 5.13 Å². The second kappa shape index (κ2) is 5.63. The summed E-state index contributed by atoms with van der Waals surface area (Å²) in [7, 11) is 1.64. The zero-order valence-corrected chi connectivity index (χ0v) is 12.1. The molecular formula is C15H16N2O2S. The topological polar surface area (TPSA) is 51.2 Å². The van der Waals surface area contributed by atoms with Crippen LogP contribution in [0.5, 0.6) is 5.75 Å². The van der Waals surface area contributed by atoms with Crippen LogP contribution in [0.15, 0.2) is 29.6 Å². The third kappa shape index (κ3) is 2.67. The van der Waals surface area contributed by atoms with Gasteiger partial charge in [-0.2, -0.15) is 0 Å². The standard InChI is InChI=1S/C15H16N2O2S/c1-19-12-7-3-6-11(8-12)13-9-20-15(16-13)17-14(18)10-4-2-5-10/h3,6-10H,2,4-5H2,1H3,(H,16,17,18). The summed E-state index contributed by atoms with van der Waals surface area (Å²) in [5.41, 5.74) is 1.85. The fourth-order valence-electron chi connectivity index (χ4n) is 2.12. The van der Waals surface area contributed by atoms with Crippen molar-refractivity contribution >= 4 is 22.4 Å². The molecule has 20 heavy (non-hydrogen) atoms. The van der Waals surface area contributed by atoms with Crippen molar-refractivity contribution in [2.24, 2.45) is 5.92 Å². The Balaban J connectivity index is 1.73. The van der Waals surface area contributed by atoms with Gasteiger partial charge in [0.1, 0.15) is 5.75 Å². The Hall–Kier alpha value is -1.88. The summed E-state index contributed by atoms with van der Waals surface area (Å²) in [4.78, 5) is 16.3. The van der Waals surface area contributed by atoms with Crippen LogP contribution in [-0.2, 0) is 4.79 Å². The first-order valence-electron chi connectivity index (χ1n) is 6.67. The molecule has 0 spiro atoms. The van der Waals surface area contributed by atoms with Gasteiger partial charge in [-0.25, -0.2) is 4.98 Å². The molecule has 0 unspecified atom stereocenters. The Labute approximate surface area is 121 Å². The van der Waals surface area contributed by atoms with Crippen molar-refractivity contribution in [3.8, 4) is 17.0 Å². The maximum Gasteiger partial charge on any atom is 0.229 e. The number of aromatic nitrogens is 1. The van der Waals surface area contributed by atoms with E-state index in [1.165, 1.54) is 11.3 Å². The molecule has 2 aromatic rings. The molecule has 4 nitrogen and oxygen atoms in total. The predicted molar refractivity (Wildman–Crippen MR) is 80.1 cm³/mol. The molecule has 0 atom stereocenters. The number of benzene rings is 1. The van der Waals surface area contributed by atoms with Crippen LogP contribution in [0.25, 0.3) is 11.3 Å². The molecular weight excluding hydrogens is 272 g/mol. The van der Waals surface area contributed by atoms with Crippen LogP contribution in [0.2, 0.25) is 0 Å². The van der Waals surface area contributed by atoms with Crippen molar-refractivity contribution < 1.29 is 9.53 Å². The van der Waals surface area contributed by atoms with Crippen LogP contribution < -0.4 is 10.1 Å². The maximum absolute atomic E-state index is 11.9. The van der Waals surface area contributed by atoms with E-state index in [9.17, 15) is 4.79 Å². The Morgan fingerprint density at radius 1 is 1.45 bits per heavy atom. The Kier molecular flexibility index (Phi) is 3.69. The number of carbonyl (C=O) groups is 1. The molecule has 0 radical (unpaired) electrons. The van der Waals surface area contributed by atoms with Gasteiger partial charge in [-0.1, -0.05) is 18.6 Å². The molecule has 1 N–H and O–H groups in total.